The molecule has 0 radical (unpaired) electrons. The maximum atomic E-state index is 14.0. The minimum absolute atomic E-state index is 0.0527. The molecule has 12 heteroatoms. The zero-order valence-electron chi connectivity index (χ0n) is 17.3. The molecule has 1 aliphatic heterocycles. The summed E-state index contributed by atoms with van der Waals surface area (Å²) in [5.41, 5.74) is 0.658. The van der Waals surface area contributed by atoms with E-state index in [0.29, 0.717) is 36.0 Å². The number of anilines is 1. The Labute approximate surface area is 198 Å². The highest BCUT2D eigenvalue weighted by Crippen LogP contribution is 2.40. The number of hydrogen-bond acceptors (Lipinski definition) is 7. The van der Waals surface area contributed by atoms with Gasteiger partial charge in [0.15, 0.2) is 0 Å². The number of benzene rings is 1. The van der Waals surface area contributed by atoms with Crippen molar-refractivity contribution in [1.82, 2.24) is 14.4 Å². The van der Waals surface area contributed by atoms with Crippen LogP contribution in [0.2, 0.25) is 5.02 Å². The molecule has 0 atom stereocenters. The Morgan fingerprint density at radius 2 is 1.97 bits per heavy atom. The van der Waals surface area contributed by atoms with Crippen LogP contribution in [-0.2, 0) is 14.8 Å². The minimum Gasteiger partial charge on any atom is -0.339 e. The summed E-state index contributed by atoms with van der Waals surface area (Å²) < 4.78 is 47.0. The highest BCUT2D eigenvalue weighted by atomic mass is 35.5. The molecule has 3 heterocycles. The summed E-state index contributed by atoms with van der Waals surface area (Å²) in [6.45, 7) is 0.398. The molecule has 1 amide bonds. The lowest BCUT2D eigenvalue weighted by Crippen LogP contribution is -2.41. The Morgan fingerprint density at radius 3 is 2.67 bits per heavy atom. The average molecular weight is 511 g/mol. The van der Waals surface area contributed by atoms with Gasteiger partial charge < -0.3 is 9.84 Å². The molecular formula is C21H20ClFN4O4S2. The molecule has 1 N–H and O–H groups in total. The van der Waals surface area contributed by atoms with Crippen molar-refractivity contribution in [2.45, 2.75) is 35.8 Å². The first kappa shape index (κ1) is 22.5. The zero-order chi connectivity index (χ0) is 23.2. The standard InChI is InChI=1S/C21H20ClFN4O4S2/c22-15-3-4-17(16(23)10-15)24-20(28)12-5-7-27(8-6-12)33(29,30)18-9-14(11-32-18)19-25-21(31-26-19)13-1-2-13/h3-4,9-13H,1-2,5-8H2,(H,24,28). The molecule has 2 aliphatic rings. The summed E-state index contributed by atoms with van der Waals surface area (Å²) in [5, 5.41) is 8.47. The van der Waals surface area contributed by atoms with E-state index in [0.717, 1.165) is 30.2 Å². The van der Waals surface area contributed by atoms with Crippen molar-refractivity contribution < 1.29 is 22.1 Å². The number of nitrogens with zero attached hydrogens (tertiary/aromatic N) is 3. The normalized spacial score (nSPS) is 17.9. The van der Waals surface area contributed by atoms with Gasteiger partial charge in [-0.15, -0.1) is 11.3 Å². The van der Waals surface area contributed by atoms with Gasteiger partial charge in [-0.2, -0.15) is 9.29 Å². The first-order valence-electron chi connectivity index (χ1n) is 10.5. The molecule has 33 heavy (non-hydrogen) atoms. The first-order valence-corrected chi connectivity index (χ1v) is 13.2. The summed E-state index contributed by atoms with van der Waals surface area (Å²) in [7, 11) is -3.71. The molecule has 1 aromatic carbocycles. The highest BCUT2D eigenvalue weighted by molar-refractivity contribution is 7.91. The van der Waals surface area contributed by atoms with E-state index in [4.69, 9.17) is 16.1 Å². The van der Waals surface area contributed by atoms with Gasteiger partial charge in [0.25, 0.3) is 10.0 Å². The Kier molecular flexibility index (Phi) is 5.98. The van der Waals surface area contributed by atoms with Crippen molar-refractivity contribution in [1.29, 1.82) is 0 Å². The van der Waals surface area contributed by atoms with Crippen LogP contribution >= 0.6 is 22.9 Å². The van der Waals surface area contributed by atoms with Crippen LogP contribution in [0.3, 0.4) is 0 Å². The van der Waals surface area contributed by atoms with Crippen molar-refractivity contribution in [2.24, 2.45) is 5.92 Å². The number of halogens is 2. The van der Waals surface area contributed by atoms with Gasteiger partial charge in [-0.05, 0) is 49.9 Å². The zero-order valence-corrected chi connectivity index (χ0v) is 19.7. The summed E-state index contributed by atoms with van der Waals surface area (Å²) in [5.74, 6) is -0.0577. The smallest absolute Gasteiger partial charge is 0.252 e. The first-order chi connectivity index (χ1) is 15.8. The van der Waals surface area contributed by atoms with Crippen molar-refractivity contribution in [3.63, 3.8) is 0 Å². The van der Waals surface area contributed by atoms with E-state index in [1.165, 1.54) is 16.4 Å². The van der Waals surface area contributed by atoms with Crippen molar-refractivity contribution in [3.05, 3.63) is 46.4 Å². The topological polar surface area (TPSA) is 105 Å². The van der Waals surface area contributed by atoms with Crippen LogP contribution < -0.4 is 5.32 Å². The van der Waals surface area contributed by atoms with Crippen molar-refractivity contribution in [2.75, 3.05) is 18.4 Å². The third-order valence-corrected chi connectivity index (χ3v) is 9.36. The lowest BCUT2D eigenvalue weighted by Gasteiger charge is -2.30. The molecule has 2 fully saturated rings. The molecule has 1 saturated carbocycles. The van der Waals surface area contributed by atoms with Gasteiger partial charge in [-0.1, -0.05) is 16.8 Å². The lowest BCUT2D eigenvalue weighted by atomic mass is 9.97. The second-order valence-corrected chi connectivity index (χ2v) is 11.7. The molecule has 174 valence electrons. The van der Waals surface area contributed by atoms with E-state index in [1.54, 1.807) is 11.4 Å². The van der Waals surface area contributed by atoms with Crippen LogP contribution in [-0.4, -0.2) is 41.9 Å². The quantitative estimate of drug-likeness (QED) is 0.523. The van der Waals surface area contributed by atoms with E-state index in [2.05, 4.69) is 15.5 Å². The second-order valence-electron chi connectivity index (χ2n) is 8.18. The predicted molar refractivity (Wildman–Crippen MR) is 121 cm³/mol. The van der Waals surface area contributed by atoms with Crippen LogP contribution in [0, 0.1) is 11.7 Å². The molecule has 0 spiro atoms. The number of nitrogens with one attached hydrogen (secondary N) is 1. The van der Waals surface area contributed by atoms with Crippen LogP contribution in [0.15, 0.2) is 38.4 Å². The van der Waals surface area contributed by atoms with E-state index in [9.17, 15) is 17.6 Å². The summed E-state index contributed by atoms with van der Waals surface area (Å²) >= 11 is 6.84. The number of aromatic nitrogens is 2. The van der Waals surface area contributed by atoms with Gasteiger partial charge in [0.05, 0.1) is 5.69 Å². The number of piperidine rings is 1. The van der Waals surface area contributed by atoms with Gasteiger partial charge >= 0.3 is 0 Å². The summed E-state index contributed by atoms with van der Waals surface area (Å²) in [4.78, 5) is 16.9. The number of carbonyl (C=O) groups is 1. The van der Waals surface area contributed by atoms with Crippen LogP contribution in [0.5, 0.6) is 0 Å². The van der Waals surface area contributed by atoms with Crippen molar-refractivity contribution in [3.8, 4) is 11.4 Å². The fourth-order valence-electron chi connectivity index (χ4n) is 3.73. The van der Waals surface area contributed by atoms with Crippen LogP contribution in [0.1, 0.15) is 37.5 Å². The van der Waals surface area contributed by atoms with E-state index in [1.807, 2.05) is 0 Å². The number of sulfonamides is 1. The van der Waals surface area contributed by atoms with Gasteiger partial charge in [0.2, 0.25) is 17.6 Å². The molecule has 5 rings (SSSR count). The fraction of sp³-hybridized carbons (Fsp3) is 0.381. The van der Waals surface area contributed by atoms with Gasteiger partial charge in [-0.25, -0.2) is 12.8 Å². The monoisotopic (exact) mass is 510 g/mol. The third-order valence-electron chi connectivity index (χ3n) is 5.81. The van der Waals surface area contributed by atoms with Crippen LogP contribution in [0.25, 0.3) is 11.4 Å². The largest absolute Gasteiger partial charge is 0.339 e. The van der Waals surface area contributed by atoms with Gasteiger partial charge in [-0.3, -0.25) is 4.79 Å². The molecule has 0 unspecified atom stereocenters. The summed E-state index contributed by atoms with van der Waals surface area (Å²) in [6.07, 6.45) is 2.75. The molecule has 3 aromatic rings. The number of thiophene rings is 1. The number of hydrogen-bond donors (Lipinski definition) is 1. The SMILES string of the molecule is O=C(Nc1ccc(Cl)cc1F)C1CCN(S(=O)(=O)c2cc(-c3noc(C4CC4)n3)cs2)CC1. The minimum atomic E-state index is -3.71. The van der Waals surface area contributed by atoms with E-state index in [-0.39, 0.29) is 33.9 Å². The van der Waals surface area contributed by atoms with Crippen molar-refractivity contribution >= 4 is 44.6 Å². The van der Waals surface area contributed by atoms with Crippen LogP contribution in [0.4, 0.5) is 10.1 Å². The molecule has 2 aromatic heterocycles. The number of rotatable bonds is 6. The van der Waals surface area contributed by atoms with E-state index >= 15 is 0 Å². The molecular weight excluding hydrogens is 491 g/mol. The number of amides is 1. The Balaban J connectivity index is 1.22. The van der Waals surface area contributed by atoms with Gasteiger partial charge in [0.1, 0.15) is 10.0 Å². The molecule has 8 nitrogen and oxygen atoms in total. The second kappa shape index (κ2) is 8.79. The Bertz CT molecular complexity index is 1300. The number of carbonyl (C=O) groups excluding carboxylic acids is 1. The molecule has 0 bridgehead atoms. The Hall–Kier alpha value is -2.34. The lowest BCUT2D eigenvalue weighted by molar-refractivity contribution is -0.120. The molecule has 1 aliphatic carbocycles. The maximum absolute atomic E-state index is 14.0. The fourth-order valence-corrected chi connectivity index (χ4v) is 6.67. The predicted octanol–water partition coefficient (Wildman–Crippen LogP) is 4.51. The van der Waals surface area contributed by atoms with Gasteiger partial charge in [0, 0.05) is 40.9 Å². The average Bonchev–Trinajstić information content (AvgIpc) is 3.31. The third kappa shape index (κ3) is 4.68. The maximum Gasteiger partial charge on any atom is 0.252 e. The summed E-state index contributed by atoms with van der Waals surface area (Å²) in [6, 6.07) is 5.58. The van der Waals surface area contributed by atoms with E-state index < -0.39 is 21.8 Å². The highest BCUT2D eigenvalue weighted by Gasteiger charge is 2.34. The Morgan fingerprint density at radius 1 is 1.21 bits per heavy atom. The molecule has 1 saturated heterocycles.